The lowest BCUT2D eigenvalue weighted by molar-refractivity contribution is 0.0879. The van der Waals surface area contributed by atoms with Crippen LogP contribution in [0.2, 0.25) is 5.02 Å². The fraction of sp³-hybridized carbons (Fsp3) is 0.571. The van der Waals surface area contributed by atoms with Crippen LogP contribution in [0.25, 0.3) is 0 Å². The van der Waals surface area contributed by atoms with Crippen LogP contribution in [0.15, 0.2) is 18.2 Å². The number of methoxy groups -OCH3 is 1. The van der Waals surface area contributed by atoms with Gasteiger partial charge in [-0.1, -0.05) is 24.1 Å². The van der Waals surface area contributed by atoms with Crippen molar-refractivity contribution in [3.05, 3.63) is 28.8 Å². The smallest absolute Gasteiger partial charge is 0.137 e. The molecular weight excluding hydrogens is 248 g/mol. The van der Waals surface area contributed by atoms with Gasteiger partial charge < -0.3 is 15.8 Å². The summed E-state index contributed by atoms with van der Waals surface area (Å²) in [6.45, 7) is 0.710. The Morgan fingerprint density at radius 3 is 2.61 bits per heavy atom. The van der Waals surface area contributed by atoms with Gasteiger partial charge in [-0.05, 0) is 44.1 Å². The number of ether oxygens (including phenoxy) is 1. The topological polar surface area (TPSA) is 47.3 Å². The second-order valence-corrected chi connectivity index (χ2v) is 5.44. The third kappa shape index (κ3) is 2.22. The van der Waals surface area contributed by atoms with Crippen molar-refractivity contribution in [3.8, 4) is 5.75 Å². The van der Waals surface area contributed by atoms with E-state index in [1.165, 1.54) is 24.8 Å². The lowest BCUT2D eigenvalue weighted by atomic mass is 9.62. The molecule has 0 aliphatic heterocycles. The van der Waals surface area contributed by atoms with Gasteiger partial charge in [-0.3, -0.25) is 0 Å². The first kappa shape index (κ1) is 13.7. The van der Waals surface area contributed by atoms with Crippen LogP contribution in [0.4, 0.5) is 0 Å². The highest BCUT2D eigenvalue weighted by atomic mass is 35.5. The summed E-state index contributed by atoms with van der Waals surface area (Å²) in [5.74, 6) is 0.714. The molecule has 18 heavy (non-hydrogen) atoms. The van der Waals surface area contributed by atoms with Crippen molar-refractivity contribution in [2.24, 2.45) is 11.1 Å². The van der Waals surface area contributed by atoms with Gasteiger partial charge in [0.15, 0.2) is 0 Å². The molecular formula is C14H21ClN2O. The second kappa shape index (κ2) is 5.47. The molecule has 3 nitrogen and oxygen atoms in total. The number of nitrogens with one attached hydrogen (secondary N) is 1. The quantitative estimate of drug-likeness (QED) is 0.863. The normalized spacial score (nSPS) is 19.1. The van der Waals surface area contributed by atoms with Gasteiger partial charge in [-0.25, -0.2) is 0 Å². The minimum Gasteiger partial charge on any atom is -0.495 e. The molecule has 1 unspecified atom stereocenters. The molecule has 0 heterocycles. The van der Waals surface area contributed by atoms with Gasteiger partial charge in [-0.15, -0.1) is 0 Å². The van der Waals surface area contributed by atoms with E-state index in [1.54, 1.807) is 7.11 Å². The maximum Gasteiger partial charge on any atom is 0.137 e. The number of halogens is 1. The molecule has 0 radical (unpaired) electrons. The largest absolute Gasteiger partial charge is 0.495 e. The molecule has 1 atom stereocenters. The van der Waals surface area contributed by atoms with Gasteiger partial charge in [0.05, 0.1) is 12.1 Å². The molecule has 2 rings (SSSR count). The van der Waals surface area contributed by atoms with Crippen molar-refractivity contribution in [2.45, 2.75) is 25.3 Å². The first-order valence-corrected chi connectivity index (χ1v) is 6.75. The molecule has 100 valence electrons. The van der Waals surface area contributed by atoms with Crippen molar-refractivity contribution < 1.29 is 4.74 Å². The Balaban J connectivity index is 2.30. The molecule has 0 spiro atoms. The summed E-state index contributed by atoms with van der Waals surface area (Å²) in [5, 5.41) is 4.05. The van der Waals surface area contributed by atoms with Gasteiger partial charge in [0, 0.05) is 11.5 Å². The monoisotopic (exact) mass is 268 g/mol. The molecule has 0 saturated heterocycles. The summed E-state index contributed by atoms with van der Waals surface area (Å²) in [7, 11) is 3.61. The average molecular weight is 269 g/mol. The Hall–Kier alpha value is -0.770. The average Bonchev–Trinajstić information content (AvgIpc) is 2.33. The van der Waals surface area contributed by atoms with E-state index in [4.69, 9.17) is 22.1 Å². The van der Waals surface area contributed by atoms with E-state index in [-0.39, 0.29) is 11.5 Å². The Kier molecular flexibility index (Phi) is 4.15. The highest BCUT2D eigenvalue weighted by Gasteiger charge is 2.43. The van der Waals surface area contributed by atoms with Crippen LogP contribution < -0.4 is 15.8 Å². The highest BCUT2D eigenvalue weighted by Crippen LogP contribution is 2.49. The van der Waals surface area contributed by atoms with Crippen molar-refractivity contribution in [2.75, 3.05) is 20.7 Å². The Bertz CT molecular complexity index is 413. The number of hydrogen-bond donors (Lipinski definition) is 2. The Labute approximate surface area is 114 Å². The van der Waals surface area contributed by atoms with Crippen LogP contribution in [-0.2, 0) is 0 Å². The van der Waals surface area contributed by atoms with Crippen molar-refractivity contribution >= 4 is 11.6 Å². The van der Waals surface area contributed by atoms with Gasteiger partial charge in [0.25, 0.3) is 0 Å². The summed E-state index contributed by atoms with van der Waals surface area (Å²) in [4.78, 5) is 0. The van der Waals surface area contributed by atoms with Crippen molar-refractivity contribution in [3.63, 3.8) is 0 Å². The predicted octanol–water partition coefficient (Wildman–Crippen LogP) is 2.74. The second-order valence-electron chi connectivity index (χ2n) is 5.04. The van der Waals surface area contributed by atoms with Gasteiger partial charge >= 0.3 is 0 Å². The fourth-order valence-corrected chi connectivity index (χ4v) is 3.20. The minimum absolute atomic E-state index is 0.187. The molecule has 1 aliphatic rings. The lowest BCUT2D eigenvalue weighted by Crippen LogP contribution is -2.47. The summed E-state index contributed by atoms with van der Waals surface area (Å²) >= 11 is 6.20. The standard InChI is InChI=1S/C14H21ClN2O/c1-17-13(14(9-16)6-3-7-14)10-4-5-12(18-2)11(15)8-10/h4-5,8,13,17H,3,6-7,9,16H2,1-2H3. The van der Waals surface area contributed by atoms with Crippen LogP contribution in [0, 0.1) is 5.41 Å². The Morgan fingerprint density at radius 2 is 2.22 bits per heavy atom. The first-order valence-electron chi connectivity index (χ1n) is 6.37. The van der Waals surface area contributed by atoms with Crippen molar-refractivity contribution in [1.82, 2.24) is 5.32 Å². The number of nitrogens with two attached hydrogens (primary N) is 1. The van der Waals surface area contributed by atoms with Gasteiger partial charge in [-0.2, -0.15) is 0 Å². The minimum atomic E-state index is 0.187. The fourth-order valence-electron chi connectivity index (χ4n) is 2.93. The molecule has 1 fully saturated rings. The number of hydrogen-bond acceptors (Lipinski definition) is 3. The summed E-state index contributed by atoms with van der Waals surface area (Å²) < 4.78 is 5.19. The molecule has 0 aromatic heterocycles. The zero-order valence-electron chi connectivity index (χ0n) is 11.0. The summed E-state index contributed by atoms with van der Waals surface area (Å²) in [5.41, 5.74) is 7.35. The van der Waals surface area contributed by atoms with Crippen LogP contribution in [0.5, 0.6) is 5.75 Å². The molecule has 0 amide bonds. The summed E-state index contributed by atoms with van der Waals surface area (Å²) in [6, 6.07) is 6.24. The van der Waals surface area contributed by atoms with E-state index in [1.807, 2.05) is 19.2 Å². The van der Waals surface area contributed by atoms with Crippen LogP contribution in [-0.4, -0.2) is 20.7 Å². The Morgan fingerprint density at radius 1 is 1.50 bits per heavy atom. The van der Waals surface area contributed by atoms with E-state index in [9.17, 15) is 0 Å². The van der Waals surface area contributed by atoms with E-state index < -0.39 is 0 Å². The molecule has 3 N–H and O–H groups in total. The highest BCUT2D eigenvalue weighted by molar-refractivity contribution is 6.32. The number of rotatable bonds is 5. The molecule has 4 heteroatoms. The zero-order valence-corrected chi connectivity index (χ0v) is 11.8. The van der Waals surface area contributed by atoms with Crippen LogP contribution in [0.1, 0.15) is 30.9 Å². The maximum atomic E-state index is 6.20. The molecule has 1 aromatic carbocycles. The predicted molar refractivity (Wildman–Crippen MR) is 75.1 cm³/mol. The maximum absolute atomic E-state index is 6.20. The van der Waals surface area contributed by atoms with Crippen molar-refractivity contribution in [1.29, 1.82) is 0 Å². The van der Waals surface area contributed by atoms with E-state index in [0.717, 1.165) is 0 Å². The van der Waals surface area contributed by atoms with E-state index in [0.29, 0.717) is 17.3 Å². The molecule has 1 saturated carbocycles. The van der Waals surface area contributed by atoms with Crippen LogP contribution >= 0.6 is 11.6 Å². The number of benzene rings is 1. The third-order valence-corrected chi connectivity index (χ3v) is 4.46. The molecule has 0 bridgehead atoms. The first-order chi connectivity index (χ1) is 8.66. The van der Waals surface area contributed by atoms with Gasteiger partial charge in [0.1, 0.15) is 5.75 Å². The molecule has 1 aromatic rings. The van der Waals surface area contributed by atoms with Gasteiger partial charge in [0.2, 0.25) is 0 Å². The third-order valence-electron chi connectivity index (χ3n) is 4.17. The lowest BCUT2D eigenvalue weighted by Gasteiger charge is -2.47. The summed E-state index contributed by atoms with van der Waals surface area (Å²) in [6.07, 6.45) is 3.62. The zero-order chi connectivity index (χ0) is 13.2. The van der Waals surface area contributed by atoms with E-state index >= 15 is 0 Å². The van der Waals surface area contributed by atoms with E-state index in [2.05, 4.69) is 11.4 Å². The molecule has 1 aliphatic carbocycles. The van der Waals surface area contributed by atoms with Crippen LogP contribution in [0.3, 0.4) is 0 Å². The SMILES string of the molecule is CNC(c1ccc(OC)c(Cl)c1)C1(CN)CCC1.